The van der Waals surface area contributed by atoms with E-state index >= 15 is 0 Å². The molecule has 0 spiro atoms. The fourth-order valence-electron chi connectivity index (χ4n) is 1.81. The first-order valence-corrected chi connectivity index (χ1v) is 6.97. The molecule has 2 aromatic carbocycles. The Labute approximate surface area is 138 Å². The minimum atomic E-state index is -0.422. The summed E-state index contributed by atoms with van der Waals surface area (Å²) in [6.45, 7) is 0. The van der Waals surface area contributed by atoms with Crippen LogP contribution in [0.5, 0.6) is 5.75 Å². The predicted octanol–water partition coefficient (Wildman–Crippen LogP) is 2.94. The number of carbonyl (C=O) groups excluding carboxylic acids is 1. The zero-order valence-electron chi connectivity index (χ0n) is 12.2. The normalized spacial score (nSPS) is 11.5. The minimum Gasteiger partial charge on any atom is -0.497 e. The smallest absolute Gasteiger partial charge is 0.271 e. The Morgan fingerprint density at radius 3 is 2.65 bits per heavy atom. The monoisotopic (exact) mass is 331 g/mol. The third kappa shape index (κ3) is 4.55. The van der Waals surface area contributed by atoms with Crippen molar-refractivity contribution in [2.24, 2.45) is 10.3 Å². The molecule has 2 N–H and O–H groups in total. The van der Waals surface area contributed by atoms with Gasteiger partial charge in [0.15, 0.2) is 0 Å². The fraction of sp³-hybridized carbons (Fsp3) is 0.0625. The largest absolute Gasteiger partial charge is 0.497 e. The molecule has 0 aliphatic heterocycles. The van der Waals surface area contributed by atoms with E-state index < -0.39 is 5.91 Å². The molecule has 0 fully saturated rings. The molecule has 7 heteroatoms. The van der Waals surface area contributed by atoms with Gasteiger partial charge in [-0.15, -0.1) is 0 Å². The van der Waals surface area contributed by atoms with Crippen LogP contribution >= 0.6 is 11.6 Å². The highest BCUT2D eigenvalue weighted by atomic mass is 35.5. The summed E-state index contributed by atoms with van der Waals surface area (Å²) in [5, 5.41) is 16.2. The van der Waals surface area contributed by atoms with Crippen molar-refractivity contribution in [2.75, 3.05) is 7.11 Å². The van der Waals surface area contributed by atoms with Crippen LogP contribution in [-0.4, -0.2) is 30.2 Å². The van der Waals surface area contributed by atoms with Gasteiger partial charge in [-0.2, -0.15) is 5.10 Å². The Hall–Kier alpha value is -2.86. The summed E-state index contributed by atoms with van der Waals surface area (Å²) in [6, 6.07) is 13.4. The Bertz CT molecular complexity index is 760. The summed E-state index contributed by atoms with van der Waals surface area (Å²) < 4.78 is 5.07. The number of oxime groups is 1. The number of hydrogen-bond acceptors (Lipinski definition) is 5. The zero-order chi connectivity index (χ0) is 16.7. The molecule has 0 atom stereocenters. The topological polar surface area (TPSA) is 83.3 Å². The van der Waals surface area contributed by atoms with Crippen molar-refractivity contribution in [1.29, 1.82) is 0 Å². The molecular weight excluding hydrogens is 318 g/mol. The lowest BCUT2D eigenvalue weighted by Gasteiger charge is -2.05. The summed E-state index contributed by atoms with van der Waals surface area (Å²) in [4.78, 5) is 12.1. The molecule has 23 heavy (non-hydrogen) atoms. The molecule has 0 aromatic heterocycles. The number of halogens is 1. The van der Waals surface area contributed by atoms with Crippen molar-refractivity contribution in [3.05, 3.63) is 64.7 Å². The van der Waals surface area contributed by atoms with Crippen LogP contribution in [0.25, 0.3) is 0 Å². The molecule has 0 bridgehead atoms. The summed E-state index contributed by atoms with van der Waals surface area (Å²) >= 11 is 5.92. The molecule has 2 aromatic rings. The number of nitrogens with one attached hydrogen (secondary N) is 1. The van der Waals surface area contributed by atoms with E-state index in [0.29, 0.717) is 21.9 Å². The minimum absolute atomic E-state index is 0.256. The Morgan fingerprint density at radius 1 is 1.22 bits per heavy atom. The van der Waals surface area contributed by atoms with E-state index in [4.69, 9.17) is 21.5 Å². The Balaban J connectivity index is 2.22. The van der Waals surface area contributed by atoms with E-state index in [1.165, 1.54) is 7.11 Å². The second-order valence-corrected chi connectivity index (χ2v) is 4.86. The molecule has 0 aliphatic carbocycles. The summed E-state index contributed by atoms with van der Waals surface area (Å²) in [6.07, 6.45) is 1.11. The third-order valence-corrected chi connectivity index (χ3v) is 3.15. The number of ether oxygens (including phenoxy) is 1. The van der Waals surface area contributed by atoms with Crippen LogP contribution < -0.4 is 10.2 Å². The third-order valence-electron chi connectivity index (χ3n) is 2.91. The van der Waals surface area contributed by atoms with Gasteiger partial charge >= 0.3 is 0 Å². The van der Waals surface area contributed by atoms with Gasteiger partial charge in [0.2, 0.25) is 0 Å². The van der Waals surface area contributed by atoms with Crippen LogP contribution in [0, 0.1) is 0 Å². The van der Waals surface area contributed by atoms with Gasteiger partial charge in [-0.3, -0.25) is 4.79 Å². The first kappa shape index (κ1) is 16.5. The van der Waals surface area contributed by atoms with Gasteiger partial charge in [-0.1, -0.05) is 35.0 Å². The van der Waals surface area contributed by atoms with Gasteiger partial charge in [0.25, 0.3) is 5.91 Å². The van der Waals surface area contributed by atoms with Crippen molar-refractivity contribution in [1.82, 2.24) is 5.43 Å². The molecule has 2 rings (SSSR count). The van der Waals surface area contributed by atoms with Crippen molar-refractivity contribution >= 4 is 29.4 Å². The van der Waals surface area contributed by atoms with Crippen LogP contribution in [0.3, 0.4) is 0 Å². The highest BCUT2D eigenvalue weighted by Gasteiger charge is 2.07. The number of methoxy groups -OCH3 is 1. The van der Waals surface area contributed by atoms with E-state index in [1.54, 1.807) is 48.5 Å². The van der Waals surface area contributed by atoms with Crippen molar-refractivity contribution in [3.63, 3.8) is 0 Å². The maximum atomic E-state index is 12.1. The maximum Gasteiger partial charge on any atom is 0.271 e. The van der Waals surface area contributed by atoms with Crippen LogP contribution in [0.4, 0.5) is 0 Å². The second-order valence-electron chi connectivity index (χ2n) is 4.42. The standard InChI is InChI=1S/C16H14ClN3O3/c1-23-14-7-3-5-12(9-14)16(21)20-19-15(10-18-22)11-4-2-6-13(17)8-11/h2-10,22H,1H3,(H,20,21). The van der Waals surface area contributed by atoms with Crippen molar-refractivity contribution < 1.29 is 14.7 Å². The van der Waals surface area contributed by atoms with E-state index in [1.807, 2.05) is 0 Å². The van der Waals surface area contributed by atoms with Gasteiger partial charge in [0.05, 0.1) is 13.3 Å². The van der Waals surface area contributed by atoms with Crippen LogP contribution in [0.1, 0.15) is 15.9 Å². The molecule has 118 valence electrons. The summed E-state index contributed by atoms with van der Waals surface area (Å²) in [7, 11) is 1.52. The second kappa shape index (κ2) is 7.95. The van der Waals surface area contributed by atoms with Crippen LogP contribution in [0.15, 0.2) is 58.8 Å². The molecule has 0 aliphatic rings. The lowest BCUT2D eigenvalue weighted by atomic mass is 10.1. The number of benzene rings is 2. The highest BCUT2D eigenvalue weighted by Crippen LogP contribution is 2.13. The molecule has 0 unspecified atom stereocenters. The fourth-order valence-corrected chi connectivity index (χ4v) is 2.00. The van der Waals surface area contributed by atoms with E-state index in [-0.39, 0.29) is 5.71 Å². The number of rotatable bonds is 5. The van der Waals surface area contributed by atoms with Crippen LogP contribution in [0.2, 0.25) is 5.02 Å². The predicted molar refractivity (Wildman–Crippen MR) is 88.7 cm³/mol. The Kier molecular flexibility index (Phi) is 5.71. The molecular formula is C16H14ClN3O3. The Morgan fingerprint density at radius 2 is 1.96 bits per heavy atom. The number of amides is 1. The summed E-state index contributed by atoms with van der Waals surface area (Å²) in [5.74, 6) is 0.142. The van der Waals surface area contributed by atoms with Gasteiger partial charge in [-0.25, -0.2) is 5.43 Å². The van der Waals surface area contributed by atoms with E-state index in [9.17, 15) is 4.79 Å². The molecule has 0 heterocycles. The number of carbonyl (C=O) groups is 1. The van der Waals surface area contributed by atoms with Crippen LogP contribution in [-0.2, 0) is 0 Å². The average molecular weight is 332 g/mol. The average Bonchev–Trinajstić information content (AvgIpc) is 2.58. The maximum absolute atomic E-state index is 12.1. The van der Waals surface area contributed by atoms with Gasteiger partial charge in [0, 0.05) is 16.1 Å². The number of nitrogens with zero attached hydrogens (tertiary/aromatic N) is 2. The van der Waals surface area contributed by atoms with Gasteiger partial charge in [0.1, 0.15) is 11.5 Å². The van der Waals surface area contributed by atoms with Gasteiger partial charge in [-0.05, 0) is 30.3 Å². The van der Waals surface area contributed by atoms with Gasteiger partial charge < -0.3 is 9.94 Å². The first-order valence-electron chi connectivity index (χ1n) is 6.59. The molecule has 1 amide bonds. The van der Waals surface area contributed by atoms with E-state index in [0.717, 1.165) is 6.21 Å². The highest BCUT2D eigenvalue weighted by molar-refractivity contribution is 6.39. The van der Waals surface area contributed by atoms with Crippen molar-refractivity contribution in [3.8, 4) is 5.75 Å². The quantitative estimate of drug-likeness (QED) is 0.502. The number of hydrogen-bond donors (Lipinski definition) is 2. The first-order chi connectivity index (χ1) is 11.1. The number of hydrazone groups is 1. The summed E-state index contributed by atoms with van der Waals surface area (Å²) in [5.41, 5.74) is 3.64. The molecule has 0 saturated carbocycles. The van der Waals surface area contributed by atoms with E-state index in [2.05, 4.69) is 15.7 Å². The SMILES string of the molecule is COc1cccc(C(=O)NN=C(C=NO)c2cccc(Cl)c2)c1. The van der Waals surface area contributed by atoms with Crippen molar-refractivity contribution in [2.45, 2.75) is 0 Å². The molecule has 0 radical (unpaired) electrons. The zero-order valence-corrected chi connectivity index (χ0v) is 13.0. The molecule has 6 nitrogen and oxygen atoms in total. The lowest BCUT2D eigenvalue weighted by Crippen LogP contribution is -2.20. The molecule has 0 saturated heterocycles. The lowest BCUT2D eigenvalue weighted by molar-refractivity contribution is 0.0954.